The summed E-state index contributed by atoms with van der Waals surface area (Å²) in [7, 11) is -9.92. The molecule has 0 radical (unpaired) electrons. The molecule has 0 aromatic carbocycles. The molecule has 0 aromatic rings. The van der Waals surface area contributed by atoms with Crippen molar-refractivity contribution in [3.8, 4) is 0 Å². The molecule has 0 heterocycles. The monoisotopic (exact) mass is 1340 g/mol. The van der Waals surface area contributed by atoms with Gasteiger partial charge in [-0.25, -0.2) is 9.13 Å². The van der Waals surface area contributed by atoms with Gasteiger partial charge in [0, 0.05) is 25.7 Å². The number of ether oxygens (including phenoxy) is 4. The van der Waals surface area contributed by atoms with E-state index < -0.39 is 97.5 Å². The van der Waals surface area contributed by atoms with Crippen LogP contribution in [0.4, 0.5) is 0 Å². The standard InChI is InChI=1S/C73H134O17P2/c1-5-9-13-17-21-25-29-32-33-36-39-42-46-50-54-58-71(76)84-63-68(89-72(77)59-55-51-47-43-37-28-24-20-16-12-8-4)65-87-91(79,80)85-61-67(74)62-86-92(81,82)88-66-69(90-73(78)60-56-52-48-44-40-35-31-27-23-19-15-11-7-3)64-83-70(75)57-53-49-45-41-38-34-30-26-22-18-14-10-6-2/h14-15,18-19,26-27,30-31,67-69,74H,5-13,16-17,20-25,28-29,32-66H2,1-4H3,(H,79,80)(H,81,82)/b18-14-,19-15-,30-26-,31-27-. The van der Waals surface area contributed by atoms with Gasteiger partial charge in [-0.2, -0.15) is 0 Å². The van der Waals surface area contributed by atoms with Crippen molar-refractivity contribution in [1.29, 1.82) is 0 Å². The Bertz CT molecular complexity index is 1940. The minimum absolute atomic E-state index is 0.0799. The zero-order valence-corrected chi connectivity index (χ0v) is 60.3. The molecular weight excluding hydrogens is 1210 g/mol. The first kappa shape index (κ1) is 89.0. The summed E-state index contributed by atoms with van der Waals surface area (Å²) in [5, 5.41) is 10.6. The summed E-state index contributed by atoms with van der Waals surface area (Å²) < 4.78 is 68.3. The van der Waals surface area contributed by atoms with E-state index in [0.717, 1.165) is 148 Å². The van der Waals surface area contributed by atoms with E-state index in [0.29, 0.717) is 25.7 Å². The van der Waals surface area contributed by atoms with Gasteiger partial charge in [0.25, 0.3) is 0 Å². The van der Waals surface area contributed by atoms with Gasteiger partial charge in [0.2, 0.25) is 0 Å². The van der Waals surface area contributed by atoms with Crippen LogP contribution in [0.1, 0.15) is 336 Å². The number of hydrogen-bond acceptors (Lipinski definition) is 15. The second-order valence-electron chi connectivity index (χ2n) is 24.9. The average Bonchev–Trinajstić information content (AvgIpc) is 3.33. The third-order valence-electron chi connectivity index (χ3n) is 15.8. The molecule has 0 spiro atoms. The summed E-state index contributed by atoms with van der Waals surface area (Å²) in [5.41, 5.74) is 0. The number of aliphatic hydroxyl groups is 1. The van der Waals surface area contributed by atoms with E-state index in [2.05, 4.69) is 76.3 Å². The van der Waals surface area contributed by atoms with E-state index in [9.17, 15) is 43.2 Å². The van der Waals surface area contributed by atoms with E-state index in [1.165, 1.54) is 109 Å². The maximum absolute atomic E-state index is 13.0. The number of carbonyl (C=O) groups is 4. The van der Waals surface area contributed by atoms with Crippen molar-refractivity contribution in [2.45, 2.75) is 354 Å². The van der Waals surface area contributed by atoms with Crippen molar-refractivity contribution in [2.75, 3.05) is 39.6 Å². The summed E-state index contributed by atoms with van der Waals surface area (Å²) in [6.07, 6.45) is 61.1. The van der Waals surface area contributed by atoms with Crippen molar-refractivity contribution in [1.82, 2.24) is 0 Å². The molecule has 0 aliphatic carbocycles. The molecule has 5 atom stereocenters. The molecule has 19 heteroatoms. The number of unbranched alkanes of at least 4 members (excludes halogenated alkanes) is 36. The number of esters is 4. The highest BCUT2D eigenvalue weighted by Crippen LogP contribution is 2.45. The molecule has 3 N–H and O–H groups in total. The Labute approximate surface area is 559 Å². The van der Waals surface area contributed by atoms with Crippen LogP contribution < -0.4 is 0 Å². The Morgan fingerprint density at radius 2 is 0.554 bits per heavy atom. The van der Waals surface area contributed by atoms with Crippen LogP contribution >= 0.6 is 15.6 Å². The number of phosphoric ester groups is 2. The van der Waals surface area contributed by atoms with Gasteiger partial charge < -0.3 is 33.8 Å². The maximum Gasteiger partial charge on any atom is 0.472 e. The molecule has 92 heavy (non-hydrogen) atoms. The molecule has 0 aliphatic rings. The normalized spacial score (nSPS) is 14.3. The van der Waals surface area contributed by atoms with Crippen LogP contribution in [0.3, 0.4) is 0 Å². The third kappa shape index (κ3) is 65.7. The number of rotatable bonds is 70. The molecule has 0 bridgehead atoms. The molecule has 0 fully saturated rings. The fourth-order valence-electron chi connectivity index (χ4n) is 10.1. The predicted octanol–water partition coefficient (Wildman–Crippen LogP) is 20.6. The highest BCUT2D eigenvalue weighted by atomic mass is 31.2. The first-order valence-electron chi connectivity index (χ1n) is 36.9. The van der Waals surface area contributed by atoms with Crippen LogP contribution in [-0.4, -0.2) is 96.7 Å². The van der Waals surface area contributed by atoms with Crippen LogP contribution in [0.25, 0.3) is 0 Å². The quantitative estimate of drug-likeness (QED) is 0.0169. The van der Waals surface area contributed by atoms with E-state index in [-0.39, 0.29) is 25.7 Å². The van der Waals surface area contributed by atoms with Gasteiger partial charge in [-0.05, 0) is 77.0 Å². The van der Waals surface area contributed by atoms with Gasteiger partial charge in [-0.15, -0.1) is 0 Å². The lowest BCUT2D eigenvalue weighted by molar-refractivity contribution is -0.161. The highest BCUT2D eigenvalue weighted by Gasteiger charge is 2.30. The van der Waals surface area contributed by atoms with Crippen LogP contribution in [0.5, 0.6) is 0 Å². The van der Waals surface area contributed by atoms with Gasteiger partial charge >= 0.3 is 39.5 Å². The topological polar surface area (TPSA) is 237 Å². The smallest absolute Gasteiger partial charge is 0.462 e. The van der Waals surface area contributed by atoms with Crippen LogP contribution in [0, 0.1) is 0 Å². The number of aliphatic hydroxyl groups excluding tert-OH is 1. The number of allylic oxidation sites excluding steroid dienone is 8. The summed E-state index contributed by atoms with van der Waals surface area (Å²) in [5.74, 6) is -2.17. The molecule has 17 nitrogen and oxygen atoms in total. The zero-order valence-electron chi connectivity index (χ0n) is 58.5. The first-order chi connectivity index (χ1) is 44.7. The average molecular weight is 1350 g/mol. The Morgan fingerprint density at radius 3 is 0.848 bits per heavy atom. The maximum atomic E-state index is 13.0. The number of hydrogen-bond donors (Lipinski definition) is 3. The lowest BCUT2D eigenvalue weighted by atomic mass is 10.0. The molecule has 0 saturated carbocycles. The Morgan fingerprint density at radius 1 is 0.304 bits per heavy atom. The fourth-order valence-corrected chi connectivity index (χ4v) is 11.7. The third-order valence-corrected chi connectivity index (χ3v) is 17.7. The van der Waals surface area contributed by atoms with Crippen molar-refractivity contribution in [3.63, 3.8) is 0 Å². The summed E-state index contributed by atoms with van der Waals surface area (Å²) in [4.78, 5) is 72.6. The molecule has 0 saturated heterocycles. The summed E-state index contributed by atoms with van der Waals surface area (Å²) >= 11 is 0. The highest BCUT2D eigenvalue weighted by molar-refractivity contribution is 7.47. The number of phosphoric acid groups is 2. The molecule has 0 amide bonds. The zero-order chi connectivity index (χ0) is 67.5. The molecule has 538 valence electrons. The second-order valence-corrected chi connectivity index (χ2v) is 27.8. The second kappa shape index (κ2) is 66.6. The molecule has 5 unspecified atom stereocenters. The lowest BCUT2D eigenvalue weighted by Gasteiger charge is -2.21. The van der Waals surface area contributed by atoms with E-state index in [4.69, 9.17) is 37.0 Å². The van der Waals surface area contributed by atoms with Crippen molar-refractivity contribution in [3.05, 3.63) is 48.6 Å². The van der Waals surface area contributed by atoms with E-state index in [1.807, 2.05) is 0 Å². The minimum atomic E-state index is -4.97. The van der Waals surface area contributed by atoms with Crippen molar-refractivity contribution >= 4 is 39.5 Å². The fraction of sp³-hybridized carbons (Fsp3) is 0.836. The van der Waals surface area contributed by atoms with E-state index in [1.54, 1.807) is 0 Å². The van der Waals surface area contributed by atoms with Crippen LogP contribution in [0.2, 0.25) is 0 Å². The van der Waals surface area contributed by atoms with Crippen LogP contribution in [0.15, 0.2) is 48.6 Å². The van der Waals surface area contributed by atoms with Gasteiger partial charge in [-0.1, -0.05) is 282 Å². The lowest BCUT2D eigenvalue weighted by Crippen LogP contribution is -2.30. The molecule has 0 rings (SSSR count). The molecule has 0 aromatic heterocycles. The van der Waals surface area contributed by atoms with Crippen molar-refractivity contribution in [2.24, 2.45) is 0 Å². The Hall–Kier alpha value is -2.98. The summed E-state index contributed by atoms with van der Waals surface area (Å²) in [6.45, 7) is 4.75. The molecular formula is C73H134O17P2. The van der Waals surface area contributed by atoms with Crippen molar-refractivity contribution < 1.29 is 80.2 Å². The first-order valence-corrected chi connectivity index (χ1v) is 39.9. The van der Waals surface area contributed by atoms with Gasteiger partial charge in [0.05, 0.1) is 26.4 Å². The Kier molecular flexibility index (Phi) is 64.5. The van der Waals surface area contributed by atoms with Crippen LogP contribution in [-0.2, 0) is 65.4 Å². The van der Waals surface area contributed by atoms with Gasteiger partial charge in [0.15, 0.2) is 12.2 Å². The summed E-state index contributed by atoms with van der Waals surface area (Å²) in [6, 6.07) is 0. The van der Waals surface area contributed by atoms with Gasteiger partial charge in [-0.3, -0.25) is 37.3 Å². The van der Waals surface area contributed by atoms with E-state index >= 15 is 0 Å². The number of carbonyl (C=O) groups excluding carboxylic acids is 4. The SMILES string of the molecule is CCC/C=C\C/C=C\CCCCCCCC(=O)OCC(COP(=O)(O)OCC(O)COP(=O)(O)OCC(COC(=O)CCCCCCCCCCCCCCCCC)OC(=O)CCCCCCCCCCCCC)OC(=O)CCCCCCC/C=C\C/C=C\CCC. The Balaban J connectivity index is 5.29. The molecule has 0 aliphatic heterocycles. The predicted molar refractivity (Wildman–Crippen MR) is 372 cm³/mol. The van der Waals surface area contributed by atoms with Gasteiger partial charge in [0.1, 0.15) is 19.3 Å². The largest absolute Gasteiger partial charge is 0.472 e. The minimum Gasteiger partial charge on any atom is -0.462 e.